The molecule has 3 aromatic heterocycles. The van der Waals surface area contributed by atoms with Crippen molar-refractivity contribution in [1.82, 2.24) is 25.1 Å². The van der Waals surface area contributed by atoms with Gasteiger partial charge in [0.05, 0.1) is 24.0 Å². The van der Waals surface area contributed by atoms with Crippen molar-refractivity contribution in [2.75, 3.05) is 31.6 Å². The maximum Gasteiger partial charge on any atom is 0.406 e. The van der Waals surface area contributed by atoms with Crippen LogP contribution in [0.4, 0.5) is 18.9 Å². The Kier molecular flexibility index (Phi) is 4.56. The van der Waals surface area contributed by atoms with Gasteiger partial charge in [-0.3, -0.25) is 4.79 Å². The number of fused-ring (bicyclic) bond motifs is 3. The molecule has 0 saturated carbocycles. The summed E-state index contributed by atoms with van der Waals surface area (Å²) >= 11 is 0. The van der Waals surface area contributed by atoms with Crippen LogP contribution in [0.1, 0.15) is 12.8 Å². The second-order valence-corrected chi connectivity index (χ2v) is 7.08. The van der Waals surface area contributed by atoms with E-state index in [9.17, 15) is 18.0 Å². The highest BCUT2D eigenvalue weighted by molar-refractivity contribution is 6.09. The smallest absolute Gasteiger partial charge is 0.369 e. The Balaban J connectivity index is 1.63. The third-order valence-electron chi connectivity index (χ3n) is 5.07. The van der Waals surface area contributed by atoms with E-state index in [2.05, 4.69) is 20.2 Å². The molecular weight excluding hydrogens is 373 g/mol. The van der Waals surface area contributed by atoms with Crippen LogP contribution in [0.3, 0.4) is 0 Å². The third kappa shape index (κ3) is 3.46. The van der Waals surface area contributed by atoms with Gasteiger partial charge >= 0.3 is 6.18 Å². The summed E-state index contributed by atoms with van der Waals surface area (Å²) in [6.07, 6.45) is 1.93. The van der Waals surface area contributed by atoms with E-state index in [4.69, 9.17) is 0 Å². The topological polar surface area (TPSA) is 78.0 Å². The Morgan fingerprint density at radius 2 is 2.21 bits per heavy atom. The first-order valence-corrected chi connectivity index (χ1v) is 8.97. The number of alkyl halides is 3. The van der Waals surface area contributed by atoms with E-state index in [1.54, 1.807) is 18.6 Å². The van der Waals surface area contributed by atoms with Gasteiger partial charge in [-0.15, -0.1) is 5.10 Å². The number of amides is 1. The van der Waals surface area contributed by atoms with Gasteiger partial charge in [0.2, 0.25) is 5.91 Å². The molecule has 1 aliphatic heterocycles. The van der Waals surface area contributed by atoms with Crippen LogP contribution in [0.5, 0.6) is 0 Å². The molecule has 1 aliphatic rings. The van der Waals surface area contributed by atoms with Crippen LogP contribution in [0, 0.1) is 5.92 Å². The fourth-order valence-electron chi connectivity index (χ4n) is 3.85. The first-order chi connectivity index (χ1) is 13.3. The van der Waals surface area contributed by atoms with Crippen molar-refractivity contribution in [2.24, 2.45) is 5.92 Å². The molecule has 7 nitrogen and oxygen atoms in total. The molecule has 1 unspecified atom stereocenters. The molecule has 4 rings (SSSR count). The average Bonchev–Trinajstić information content (AvgIpc) is 3.14. The maximum atomic E-state index is 12.6. The lowest BCUT2D eigenvalue weighted by atomic mass is 9.95. The van der Waals surface area contributed by atoms with Gasteiger partial charge in [-0.1, -0.05) is 0 Å². The summed E-state index contributed by atoms with van der Waals surface area (Å²) in [6, 6.07) is 1.90. The number of pyridine rings is 1. The van der Waals surface area contributed by atoms with Gasteiger partial charge in [0.1, 0.15) is 17.7 Å². The maximum absolute atomic E-state index is 12.6. The number of carbonyl (C=O) groups excluding carboxylic acids is 1. The zero-order valence-electron chi connectivity index (χ0n) is 15.2. The molecular formula is C18H19F3N6O. The standard InChI is InChI=1S/C18H19F3N6O/c1-26(10-18(19,20)21)17(28)11-3-2-6-27(9-11)14-8-24-25-13-7-23-16-12(15(13)14)4-5-22-16/h4-5,7-8,11H,2-3,6,9-10H2,1H3,(H,22,23). The summed E-state index contributed by atoms with van der Waals surface area (Å²) in [6.45, 7) is -0.199. The van der Waals surface area contributed by atoms with Gasteiger partial charge in [0, 0.05) is 37.1 Å². The predicted octanol–water partition coefficient (Wildman–Crippen LogP) is 2.74. The normalized spacial score (nSPS) is 18.0. The van der Waals surface area contributed by atoms with E-state index in [1.165, 1.54) is 7.05 Å². The van der Waals surface area contributed by atoms with Crippen LogP contribution in [0.2, 0.25) is 0 Å². The number of piperidine rings is 1. The summed E-state index contributed by atoms with van der Waals surface area (Å²) in [5, 5.41) is 9.95. The first kappa shape index (κ1) is 18.5. The summed E-state index contributed by atoms with van der Waals surface area (Å²) in [5.41, 5.74) is 2.16. The Morgan fingerprint density at radius 3 is 3.00 bits per heavy atom. The van der Waals surface area contributed by atoms with Crippen LogP contribution in [0.15, 0.2) is 24.7 Å². The highest BCUT2D eigenvalue weighted by Gasteiger charge is 2.35. The van der Waals surface area contributed by atoms with Crippen molar-refractivity contribution in [3.8, 4) is 0 Å². The van der Waals surface area contributed by atoms with Gasteiger partial charge in [0.25, 0.3) is 0 Å². The molecule has 148 valence electrons. The quantitative estimate of drug-likeness (QED) is 0.742. The van der Waals surface area contributed by atoms with Gasteiger partial charge in [-0.2, -0.15) is 18.3 Å². The summed E-state index contributed by atoms with van der Waals surface area (Å²) in [5.74, 6) is -0.977. The fourth-order valence-corrected chi connectivity index (χ4v) is 3.85. The van der Waals surface area contributed by atoms with Crippen molar-refractivity contribution < 1.29 is 18.0 Å². The number of carbonyl (C=O) groups is 1. The molecule has 1 fully saturated rings. The average molecular weight is 392 g/mol. The Hall–Kier alpha value is -2.91. The van der Waals surface area contributed by atoms with Crippen molar-refractivity contribution in [3.63, 3.8) is 0 Å². The fraction of sp³-hybridized carbons (Fsp3) is 0.444. The van der Waals surface area contributed by atoms with E-state index in [0.29, 0.717) is 31.4 Å². The molecule has 0 bridgehead atoms. The predicted molar refractivity (Wildman–Crippen MR) is 97.8 cm³/mol. The molecule has 1 amide bonds. The number of aromatic amines is 1. The van der Waals surface area contributed by atoms with Gasteiger partial charge in [-0.05, 0) is 18.9 Å². The van der Waals surface area contributed by atoms with E-state index >= 15 is 0 Å². The Labute approximate surface area is 158 Å². The number of rotatable bonds is 3. The summed E-state index contributed by atoms with van der Waals surface area (Å²) in [7, 11) is 1.20. The minimum atomic E-state index is -4.41. The Morgan fingerprint density at radius 1 is 1.39 bits per heavy atom. The van der Waals surface area contributed by atoms with E-state index in [-0.39, 0.29) is 0 Å². The minimum Gasteiger partial charge on any atom is -0.369 e. The number of nitrogens with one attached hydrogen (secondary N) is 1. The van der Waals surface area contributed by atoms with Crippen molar-refractivity contribution in [1.29, 1.82) is 0 Å². The number of anilines is 1. The number of H-pyrrole nitrogens is 1. The summed E-state index contributed by atoms with van der Waals surface area (Å²) < 4.78 is 37.9. The number of hydrogen-bond donors (Lipinski definition) is 1. The van der Waals surface area contributed by atoms with Crippen LogP contribution in [0.25, 0.3) is 21.9 Å². The molecule has 3 aromatic rings. The highest BCUT2D eigenvalue weighted by Crippen LogP contribution is 2.33. The van der Waals surface area contributed by atoms with Crippen LogP contribution in [-0.2, 0) is 4.79 Å². The number of hydrogen-bond acceptors (Lipinski definition) is 5. The lowest BCUT2D eigenvalue weighted by Gasteiger charge is -2.35. The van der Waals surface area contributed by atoms with E-state index < -0.39 is 24.5 Å². The van der Waals surface area contributed by atoms with Gasteiger partial charge < -0.3 is 14.8 Å². The zero-order valence-corrected chi connectivity index (χ0v) is 15.2. The van der Waals surface area contributed by atoms with E-state index in [0.717, 1.165) is 27.0 Å². The lowest BCUT2D eigenvalue weighted by Crippen LogP contribution is -2.46. The van der Waals surface area contributed by atoms with Crippen molar-refractivity contribution in [3.05, 3.63) is 24.7 Å². The monoisotopic (exact) mass is 392 g/mol. The van der Waals surface area contributed by atoms with Crippen LogP contribution < -0.4 is 4.90 Å². The molecule has 0 aromatic carbocycles. The number of nitrogens with zero attached hydrogens (tertiary/aromatic N) is 5. The van der Waals surface area contributed by atoms with Gasteiger partial charge in [0.15, 0.2) is 0 Å². The molecule has 0 spiro atoms. The molecule has 0 aliphatic carbocycles. The second-order valence-electron chi connectivity index (χ2n) is 7.08. The molecule has 1 N–H and O–H groups in total. The van der Waals surface area contributed by atoms with Crippen LogP contribution >= 0.6 is 0 Å². The summed E-state index contributed by atoms with van der Waals surface area (Å²) in [4.78, 5) is 22.7. The Bertz CT molecular complexity index is 1020. The molecule has 1 saturated heterocycles. The minimum absolute atomic E-state index is 0.343. The first-order valence-electron chi connectivity index (χ1n) is 8.97. The molecule has 4 heterocycles. The van der Waals surface area contributed by atoms with Crippen molar-refractivity contribution in [2.45, 2.75) is 19.0 Å². The third-order valence-corrected chi connectivity index (χ3v) is 5.07. The molecule has 10 heteroatoms. The van der Waals surface area contributed by atoms with E-state index in [1.807, 2.05) is 11.0 Å². The second kappa shape index (κ2) is 6.92. The molecule has 1 atom stereocenters. The largest absolute Gasteiger partial charge is 0.406 e. The zero-order chi connectivity index (χ0) is 19.9. The number of halogens is 3. The van der Waals surface area contributed by atoms with Crippen LogP contribution in [-0.4, -0.2) is 63.8 Å². The SMILES string of the molecule is CN(CC(F)(F)F)C(=O)C1CCCN(c2cnnc3cnc4[nH]ccc4c23)C1. The molecule has 0 radical (unpaired) electrons. The highest BCUT2D eigenvalue weighted by atomic mass is 19.4. The van der Waals surface area contributed by atoms with Crippen molar-refractivity contribution >= 4 is 33.5 Å². The molecule has 28 heavy (non-hydrogen) atoms. The lowest BCUT2D eigenvalue weighted by molar-refractivity contribution is -0.161. The number of aromatic nitrogens is 4. The van der Waals surface area contributed by atoms with Gasteiger partial charge in [-0.25, -0.2) is 4.98 Å².